The highest BCUT2D eigenvalue weighted by Crippen LogP contribution is 2.53. The SMILES string of the molecule is CCC1CC=CC=C1n1c2ccc(-c3ccc(-c4ccccc4)cc3)cc2c2ccc3c(c21)CCc1cc2c(cc1-3)N(c1ccccn1)C1C=CC(c3ccc(-c4ccccc4)cc3)=CC21. The summed E-state index contributed by atoms with van der Waals surface area (Å²) >= 11 is 0. The predicted octanol–water partition coefficient (Wildman–Crippen LogP) is 16.0. The zero-order chi connectivity index (χ0) is 43.7. The second-order valence-corrected chi connectivity index (χ2v) is 18.4. The third-order valence-electron chi connectivity index (χ3n) is 14.9. The summed E-state index contributed by atoms with van der Waals surface area (Å²) in [5.74, 6) is 1.64. The molecule has 4 aliphatic rings. The van der Waals surface area contributed by atoms with Crippen LogP contribution >= 0.6 is 0 Å². The fourth-order valence-electron chi connectivity index (χ4n) is 11.6. The number of nitrogens with zero attached hydrogens (tertiary/aromatic N) is 3. The average Bonchev–Trinajstić information content (AvgIpc) is 3.90. The summed E-state index contributed by atoms with van der Waals surface area (Å²) in [6.45, 7) is 2.34. The average molecular weight is 848 g/mol. The summed E-state index contributed by atoms with van der Waals surface area (Å²) in [5, 5.41) is 2.65. The van der Waals surface area contributed by atoms with E-state index in [4.69, 9.17) is 4.98 Å². The fourth-order valence-corrected chi connectivity index (χ4v) is 11.6. The van der Waals surface area contributed by atoms with E-state index in [9.17, 15) is 0 Å². The molecule has 3 unspecified atom stereocenters. The first-order chi connectivity index (χ1) is 32.7. The Hall–Kier alpha value is -7.75. The van der Waals surface area contributed by atoms with Crippen LogP contribution < -0.4 is 4.90 Å². The summed E-state index contributed by atoms with van der Waals surface area (Å²) in [4.78, 5) is 7.46. The van der Waals surface area contributed by atoms with Crippen molar-refractivity contribution in [1.29, 1.82) is 0 Å². The first kappa shape index (κ1) is 38.7. The van der Waals surface area contributed by atoms with Crippen molar-refractivity contribution in [2.45, 2.75) is 44.6 Å². The molecule has 1 aliphatic heterocycles. The highest BCUT2D eigenvalue weighted by molar-refractivity contribution is 6.14. The summed E-state index contributed by atoms with van der Waals surface area (Å²) in [6.07, 6.45) is 20.3. The zero-order valence-electron chi connectivity index (χ0n) is 37.1. The number of benzene rings is 7. The van der Waals surface area contributed by atoms with Crippen LogP contribution in [0.3, 0.4) is 0 Å². The number of allylic oxidation sites excluding steroid dienone is 6. The van der Waals surface area contributed by atoms with Crippen LogP contribution in [0.5, 0.6) is 0 Å². The van der Waals surface area contributed by atoms with E-state index in [0.717, 1.165) is 31.5 Å². The number of hydrogen-bond acceptors (Lipinski definition) is 2. The van der Waals surface area contributed by atoms with Gasteiger partial charge in [-0.05, 0) is 134 Å². The van der Waals surface area contributed by atoms with Crippen LogP contribution in [0.15, 0.2) is 213 Å². The minimum Gasteiger partial charge on any atom is -0.318 e. The number of fused-ring (bicyclic) bond motifs is 10. The van der Waals surface area contributed by atoms with Gasteiger partial charge in [-0.3, -0.25) is 0 Å². The van der Waals surface area contributed by atoms with Crippen molar-refractivity contribution < 1.29 is 0 Å². The highest BCUT2D eigenvalue weighted by Gasteiger charge is 2.40. The normalized spacial score (nSPS) is 18.1. The molecule has 0 saturated carbocycles. The van der Waals surface area contributed by atoms with Gasteiger partial charge in [0.05, 0.1) is 17.1 Å². The maximum Gasteiger partial charge on any atom is 0.133 e. The van der Waals surface area contributed by atoms with E-state index < -0.39 is 0 Å². The molecule has 0 spiro atoms. The minimum absolute atomic E-state index is 0.136. The van der Waals surface area contributed by atoms with Crippen molar-refractivity contribution in [1.82, 2.24) is 9.55 Å². The molecular formula is C63H49N3. The van der Waals surface area contributed by atoms with Crippen LogP contribution in [0, 0.1) is 5.92 Å². The van der Waals surface area contributed by atoms with Gasteiger partial charge in [0.1, 0.15) is 5.82 Å². The summed E-state index contributed by atoms with van der Waals surface area (Å²) in [6, 6.07) is 63.0. The van der Waals surface area contributed by atoms with E-state index in [0.29, 0.717) is 5.92 Å². The number of hydrogen-bond donors (Lipinski definition) is 0. The number of aromatic nitrogens is 2. The minimum atomic E-state index is 0.136. The molecule has 0 amide bonds. The van der Waals surface area contributed by atoms with Crippen molar-refractivity contribution in [3.05, 3.63) is 235 Å². The molecule has 66 heavy (non-hydrogen) atoms. The molecule has 3 heteroatoms. The maximum atomic E-state index is 4.97. The van der Waals surface area contributed by atoms with Crippen molar-refractivity contribution >= 4 is 44.6 Å². The molecular weight excluding hydrogens is 799 g/mol. The van der Waals surface area contributed by atoms with Crippen molar-refractivity contribution in [3.63, 3.8) is 0 Å². The Morgan fingerprint density at radius 1 is 0.606 bits per heavy atom. The lowest BCUT2D eigenvalue weighted by atomic mass is 9.80. The fraction of sp³-hybridized carbons (Fsp3) is 0.127. The Morgan fingerprint density at radius 3 is 2.00 bits per heavy atom. The van der Waals surface area contributed by atoms with Gasteiger partial charge in [-0.1, -0.05) is 177 Å². The lowest BCUT2D eigenvalue weighted by molar-refractivity contribution is 0.629. The second-order valence-electron chi connectivity index (χ2n) is 18.4. The molecule has 13 rings (SSSR count). The molecule has 2 aromatic heterocycles. The smallest absolute Gasteiger partial charge is 0.133 e. The third kappa shape index (κ3) is 6.29. The number of aryl methyl sites for hydroxylation is 2. The number of rotatable bonds is 7. The van der Waals surface area contributed by atoms with Crippen LogP contribution in [0.2, 0.25) is 0 Å². The zero-order valence-corrected chi connectivity index (χ0v) is 37.1. The Bertz CT molecular complexity index is 3460. The van der Waals surface area contributed by atoms with E-state index in [-0.39, 0.29) is 12.0 Å². The Balaban J connectivity index is 0.944. The molecule has 3 nitrogen and oxygen atoms in total. The van der Waals surface area contributed by atoms with E-state index in [1.165, 1.54) is 106 Å². The predicted molar refractivity (Wildman–Crippen MR) is 277 cm³/mol. The lowest BCUT2D eigenvalue weighted by Gasteiger charge is -2.29. The highest BCUT2D eigenvalue weighted by atomic mass is 15.2. The first-order valence-electron chi connectivity index (χ1n) is 23.7. The van der Waals surface area contributed by atoms with Crippen LogP contribution in [-0.2, 0) is 12.8 Å². The first-order valence-corrected chi connectivity index (χ1v) is 23.7. The van der Waals surface area contributed by atoms with E-state index in [1.807, 2.05) is 12.3 Å². The quantitative estimate of drug-likeness (QED) is 0.159. The van der Waals surface area contributed by atoms with Crippen LogP contribution in [0.4, 0.5) is 11.5 Å². The Kier molecular flexibility index (Phi) is 9.23. The summed E-state index contributed by atoms with van der Waals surface area (Å²) < 4.78 is 2.65. The third-order valence-corrected chi connectivity index (χ3v) is 14.9. The molecule has 0 bridgehead atoms. The van der Waals surface area contributed by atoms with Gasteiger partial charge in [-0.2, -0.15) is 0 Å². The van der Waals surface area contributed by atoms with Crippen LogP contribution in [-0.4, -0.2) is 15.6 Å². The molecule has 0 radical (unpaired) electrons. The molecule has 7 aromatic carbocycles. The van der Waals surface area contributed by atoms with E-state index in [2.05, 4.69) is 217 Å². The van der Waals surface area contributed by atoms with Gasteiger partial charge in [0.25, 0.3) is 0 Å². The molecule has 3 atom stereocenters. The van der Waals surface area contributed by atoms with Gasteiger partial charge < -0.3 is 9.47 Å². The van der Waals surface area contributed by atoms with Gasteiger partial charge in [-0.25, -0.2) is 4.98 Å². The Labute approximate surface area is 387 Å². The monoisotopic (exact) mass is 847 g/mol. The topological polar surface area (TPSA) is 21.1 Å². The Morgan fingerprint density at radius 2 is 1.29 bits per heavy atom. The van der Waals surface area contributed by atoms with E-state index >= 15 is 0 Å². The van der Waals surface area contributed by atoms with E-state index in [1.54, 1.807) is 0 Å². The largest absolute Gasteiger partial charge is 0.318 e. The summed E-state index contributed by atoms with van der Waals surface area (Å²) in [5.41, 5.74) is 22.3. The molecule has 9 aromatic rings. The standard InChI is InChI=1S/C63H49N3/c1-2-41-13-9-10-18-58(41)66-60-35-30-48(46-24-20-44(21-25-46)42-14-5-3-6-15-42)37-55(60)53-33-32-51-52(63(53)66)31-28-50-39-57-56-38-49(47-26-22-45(23-27-47)43-16-7-4-8-17-43)29-34-59(56)65(61(57)40-54(50)51)62-19-11-12-36-64-62/h3-12,14-27,29-30,32-41,56,59H,2,13,28,31H2,1H3. The molecule has 0 fully saturated rings. The number of pyridine rings is 1. The maximum absolute atomic E-state index is 4.97. The molecule has 0 N–H and O–H groups in total. The molecule has 0 saturated heterocycles. The van der Waals surface area contributed by atoms with Gasteiger partial charge in [0.2, 0.25) is 0 Å². The van der Waals surface area contributed by atoms with Crippen LogP contribution in [0.25, 0.3) is 77.6 Å². The second kappa shape index (κ2) is 15.7. The van der Waals surface area contributed by atoms with Gasteiger partial charge in [-0.15, -0.1) is 0 Å². The molecule has 3 aliphatic carbocycles. The number of anilines is 2. The lowest BCUT2D eigenvalue weighted by Crippen LogP contribution is -2.29. The van der Waals surface area contributed by atoms with Crippen molar-refractivity contribution in [3.8, 4) is 44.5 Å². The van der Waals surface area contributed by atoms with Crippen molar-refractivity contribution in [2.75, 3.05) is 4.90 Å². The van der Waals surface area contributed by atoms with Crippen LogP contribution in [0.1, 0.15) is 47.9 Å². The molecule has 316 valence electrons. The van der Waals surface area contributed by atoms with Crippen molar-refractivity contribution in [2.24, 2.45) is 5.92 Å². The van der Waals surface area contributed by atoms with Gasteiger partial charge >= 0.3 is 0 Å². The van der Waals surface area contributed by atoms with Gasteiger partial charge in [0.15, 0.2) is 0 Å². The molecule has 3 heterocycles. The van der Waals surface area contributed by atoms with Gasteiger partial charge in [0, 0.05) is 40.2 Å². The summed E-state index contributed by atoms with van der Waals surface area (Å²) in [7, 11) is 0.